The molecule has 1 fully saturated rings. The molecule has 1 saturated heterocycles. The van der Waals surface area contributed by atoms with Crippen LogP contribution < -0.4 is 4.90 Å². The molecule has 5 rings (SSSR count). The van der Waals surface area contributed by atoms with Crippen LogP contribution in [0.5, 0.6) is 0 Å². The number of amides is 1. The van der Waals surface area contributed by atoms with Crippen LogP contribution in [0.4, 0.5) is 14.5 Å². The fraction of sp³-hybridized carbons (Fsp3) is 0.290. The standard InChI is InChI=1S/C31H30F2N4O3/c1-20-19-36(25-13-11-24(33)12-14-25)16-17-37(20)31(40)22-8-15-26-28(18-22)34-27(4-2-3-5-29(38)39)30(35-26)21-6-9-23(32)10-7-21/h6-15,18,20H,2-5,16-17,19H2,1H3,(H,38,39). The van der Waals surface area contributed by atoms with Gasteiger partial charge in [0.15, 0.2) is 0 Å². The molecule has 1 aromatic heterocycles. The smallest absolute Gasteiger partial charge is 0.303 e. The van der Waals surface area contributed by atoms with E-state index in [2.05, 4.69) is 4.90 Å². The number of hydrogen-bond acceptors (Lipinski definition) is 5. The molecule has 40 heavy (non-hydrogen) atoms. The van der Waals surface area contributed by atoms with Crippen LogP contribution in [-0.2, 0) is 11.2 Å². The predicted octanol–water partition coefficient (Wildman–Crippen LogP) is 5.72. The Hall–Kier alpha value is -4.40. The van der Waals surface area contributed by atoms with Crippen molar-refractivity contribution >= 4 is 28.6 Å². The first kappa shape index (κ1) is 27.2. The Morgan fingerprint density at radius 2 is 1.60 bits per heavy atom. The van der Waals surface area contributed by atoms with Gasteiger partial charge in [-0.05, 0) is 92.9 Å². The lowest BCUT2D eigenvalue weighted by Crippen LogP contribution is -2.54. The van der Waals surface area contributed by atoms with Gasteiger partial charge in [0.1, 0.15) is 11.6 Å². The molecular formula is C31H30F2N4O3. The summed E-state index contributed by atoms with van der Waals surface area (Å²) in [6.45, 7) is 3.79. The van der Waals surface area contributed by atoms with E-state index >= 15 is 0 Å². The number of fused-ring (bicyclic) bond motifs is 1. The number of halogens is 2. The minimum Gasteiger partial charge on any atom is -0.481 e. The van der Waals surface area contributed by atoms with Crippen molar-refractivity contribution in [3.8, 4) is 11.3 Å². The zero-order valence-electron chi connectivity index (χ0n) is 22.2. The Labute approximate surface area is 231 Å². The average molecular weight is 545 g/mol. The first-order valence-electron chi connectivity index (χ1n) is 13.4. The van der Waals surface area contributed by atoms with Gasteiger partial charge in [0.05, 0.1) is 22.4 Å². The molecule has 2 heterocycles. The average Bonchev–Trinajstić information content (AvgIpc) is 2.95. The van der Waals surface area contributed by atoms with Gasteiger partial charge in [-0.1, -0.05) is 0 Å². The third-order valence-electron chi connectivity index (χ3n) is 7.24. The number of benzene rings is 3. The molecule has 3 aromatic carbocycles. The number of carbonyl (C=O) groups is 2. The molecule has 1 aliphatic heterocycles. The van der Waals surface area contributed by atoms with Crippen molar-refractivity contribution in [3.05, 3.63) is 89.6 Å². The lowest BCUT2D eigenvalue weighted by Gasteiger charge is -2.41. The maximum absolute atomic E-state index is 13.6. The van der Waals surface area contributed by atoms with Gasteiger partial charge in [-0.3, -0.25) is 9.59 Å². The Morgan fingerprint density at radius 1 is 0.900 bits per heavy atom. The monoisotopic (exact) mass is 544 g/mol. The summed E-state index contributed by atoms with van der Waals surface area (Å²) in [5.41, 5.74) is 4.63. The maximum atomic E-state index is 13.6. The van der Waals surface area contributed by atoms with E-state index in [0.717, 1.165) is 11.3 Å². The fourth-order valence-electron chi connectivity index (χ4n) is 5.12. The van der Waals surface area contributed by atoms with Crippen LogP contribution in [0.2, 0.25) is 0 Å². The zero-order chi connectivity index (χ0) is 28.2. The molecule has 0 saturated carbocycles. The van der Waals surface area contributed by atoms with E-state index in [9.17, 15) is 18.4 Å². The number of piperazine rings is 1. The van der Waals surface area contributed by atoms with Crippen LogP contribution in [0.3, 0.4) is 0 Å². The second kappa shape index (κ2) is 11.8. The Bertz CT molecular complexity index is 1530. The number of rotatable bonds is 8. The number of aryl methyl sites for hydroxylation is 1. The first-order valence-corrected chi connectivity index (χ1v) is 13.4. The zero-order valence-corrected chi connectivity index (χ0v) is 22.2. The molecule has 4 aromatic rings. The fourth-order valence-corrected chi connectivity index (χ4v) is 5.12. The molecule has 1 unspecified atom stereocenters. The summed E-state index contributed by atoms with van der Waals surface area (Å²) < 4.78 is 26.9. The molecule has 1 amide bonds. The second-order valence-corrected chi connectivity index (χ2v) is 10.1. The molecule has 0 aliphatic carbocycles. The highest BCUT2D eigenvalue weighted by atomic mass is 19.1. The van der Waals surface area contributed by atoms with E-state index in [-0.39, 0.29) is 30.0 Å². The Morgan fingerprint density at radius 3 is 2.27 bits per heavy atom. The highest BCUT2D eigenvalue weighted by Gasteiger charge is 2.28. The second-order valence-electron chi connectivity index (χ2n) is 10.1. The number of carbonyl (C=O) groups excluding carboxylic acids is 1. The summed E-state index contributed by atoms with van der Waals surface area (Å²) in [5.74, 6) is -1.57. The number of carboxylic acids is 1. The van der Waals surface area contributed by atoms with Gasteiger partial charge in [0, 0.05) is 48.9 Å². The van der Waals surface area contributed by atoms with Gasteiger partial charge in [0.25, 0.3) is 5.91 Å². The lowest BCUT2D eigenvalue weighted by atomic mass is 10.0. The molecule has 0 radical (unpaired) electrons. The SMILES string of the molecule is CC1CN(c2ccc(F)cc2)CCN1C(=O)c1ccc2nc(-c3ccc(F)cc3)c(CCCCC(=O)O)nc2c1. The highest BCUT2D eigenvalue weighted by Crippen LogP contribution is 2.27. The number of hydrogen-bond donors (Lipinski definition) is 1. The summed E-state index contributed by atoms with van der Waals surface area (Å²) in [6, 6.07) is 17.6. The minimum absolute atomic E-state index is 0.0567. The van der Waals surface area contributed by atoms with Crippen LogP contribution in [0.1, 0.15) is 42.2 Å². The number of nitrogens with zero attached hydrogens (tertiary/aromatic N) is 4. The van der Waals surface area contributed by atoms with Crippen LogP contribution >= 0.6 is 0 Å². The third-order valence-corrected chi connectivity index (χ3v) is 7.24. The van der Waals surface area contributed by atoms with Crippen LogP contribution in [0.15, 0.2) is 66.7 Å². The number of unbranched alkanes of at least 4 members (excludes halogenated alkanes) is 1. The van der Waals surface area contributed by atoms with Crippen LogP contribution in [-0.4, -0.2) is 57.5 Å². The predicted molar refractivity (Wildman–Crippen MR) is 149 cm³/mol. The van der Waals surface area contributed by atoms with Crippen molar-refractivity contribution in [2.75, 3.05) is 24.5 Å². The van der Waals surface area contributed by atoms with Crippen molar-refractivity contribution in [2.24, 2.45) is 0 Å². The van der Waals surface area contributed by atoms with Crippen molar-refractivity contribution in [1.82, 2.24) is 14.9 Å². The molecule has 1 aliphatic rings. The molecule has 0 bridgehead atoms. The topological polar surface area (TPSA) is 86.6 Å². The van der Waals surface area contributed by atoms with Crippen molar-refractivity contribution in [2.45, 2.75) is 38.6 Å². The van der Waals surface area contributed by atoms with E-state index in [1.807, 2.05) is 11.8 Å². The van der Waals surface area contributed by atoms with E-state index in [0.29, 0.717) is 66.9 Å². The van der Waals surface area contributed by atoms with Crippen LogP contribution in [0, 0.1) is 11.6 Å². The van der Waals surface area contributed by atoms with Gasteiger partial charge >= 0.3 is 5.97 Å². The molecule has 9 heteroatoms. The van der Waals surface area contributed by atoms with Gasteiger partial charge in [-0.2, -0.15) is 0 Å². The van der Waals surface area contributed by atoms with Crippen LogP contribution in [0.25, 0.3) is 22.3 Å². The molecule has 206 valence electrons. The number of anilines is 1. The van der Waals surface area contributed by atoms with Crippen molar-refractivity contribution in [3.63, 3.8) is 0 Å². The lowest BCUT2D eigenvalue weighted by molar-refractivity contribution is -0.137. The summed E-state index contributed by atoms with van der Waals surface area (Å²) in [6.07, 6.45) is 1.68. The Balaban J connectivity index is 1.39. The summed E-state index contributed by atoms with van der Waals surface area (Å²) >= 11 is 0. The molecule has 1 N–H and O–H groups in total. The summed E-state index contributed by atoms with van der Waals surface area (Å²) in [7, 11) is 0. The van der Waals surface area contributed by atoms with E-state index in [1.165, 1.54) is 24.3 Å². The third kappa shape index (κ3) is 6.09. The van der Waals surface area contributed by atoms with Gasteiger partial charge in [-0.25, -0.2) is 18.7 Å². The normalized spacial score (nSPS) is 15.4. The summed E-state index contributed by atoms with van der Waals surface area (Å²) in [4.78, 5) is 38.1. The first-order chi connectivity index (χ1) is 19.3. The Kier molecular flexibility index (Phi) is 8.00. The number of aromatic nitrogens is 2. The largest absolute Gasteiger partial charge is 0.481 e. The van der Waals surface area contributed by atoms with Crippen molar-refractivity contribution in [1.29, 1.82) is 0 Å². The number of aliphatic carboxylic acids is 1. The van der Waals surface area contributed by atoms with E-state index in [1.54, 1.807) is 42.5 Å². The quantitative estimate of drug-likeness (QED) is 0.286. The van der Waals surface area contributed by atoms with Gasteiger partial charge in [-0.15, -0.1) is 0 Å². The highest BCUT2D eigenvalue weighted by molar-refractivity contribution is 5.98. The molecular weight excluding hydrogens is 514 g/mol. The minimum atomic E-state index is -0.848. The van der Waals surface area contributed by atoms with E-state index < -0.39 is 5.97 Å². The van der Waals surface area contributed by atoms with E-state index in [4.69, 9.17) is 15.1 Å². The van der Waals surface area contributed by atoms with Gasteiger partial charge in [0.2, 0.25) is 0 Å². The van der Waals surface area contributed by atoms with Crippen molar-refractivity contribution < 1.29 is 23.5 Å². The number of carboxylic acid groups (broad SMARTS) is 1. The summed E-state index contributed by atoms with van der Waals surface area (Å²) in [5, 5.41) is 8.99. The van der Waals surface area contributed by atoms with Gasteiger partial charge < -0.3 is 14.9 Å². The molecule has 0 spiro atoms. The maximum Gasteiger partial charge on any atom is 0.303 e. The molecule has 7 nitrogen and oxygen atoms in total. The molecule has 1 atom stereocenters.